The minimum Gasteiger partial charge on any atom is -0.394 e. The summed E-state index contributed by atoms with van der Waals surface area (Å²) in [5.74, 6) is 0.948. The van der Waals surface area contributed by atoms with Gasteiger partial charge in [0.25, 0.3) is 5.69 Å². The van der Waals surface area contributed by atoms with Crippen molar-refractivity contribution in [1.29, 1.82) is 0 Å². The van der Waals surface area contributed by atoms with Crippen molar-refractivity contribution in [2.75, 3.05) is 18.1 Å². The predicted octanol–water partition coefficient (Wildman–Crippen LogP) is 1.20. The molecular formula is C11H15N3O3. The third-order valence-electron chi connectivity index (χ3n) is 3.30. The van der Waals surface area contributed by atoms with Crippen molar-refractivity contribution in [2.45, 2.75) is 19.4 Å². The molecule has 1 saturated heterocycles. The summed E-state index contributed by atoms with van der Waals surface area (Å²) in [7, 11) is 0. The molecular weight excluding hydrogens is 222 g/mol. The van der Waals surface area contributed by atoms with Crippen LogP contribution in [0.15, 0.2) is 18.3 Å². The Hall–Kier alpha value is -1.69. The molecule has 0 aliphatic carbocycles. The van der Waals surface area contributed by atoms with Gasteiger partial charge in [-0.25, -0.2) is 4.98 Å². The maximum Gasteiger partial charge on any atom is 0.274 e. The summed E-state index contributed by atoms with van der Waals surface area (Å²) in [4.78, 5) is 16.4. The van der Waals surface area contributed by atoms with Gasteiger partial charge >= 0.3 is 0 Å². The van der Waals surface area contributed by atoms with Crippen LogP contribution in [0.3, 0.4) is 0 Å². The SMILES string of the molecule is CC1CCN(c2cc([N+](=O)[O-])ccn2)C1CO. The zero-order valence-corrected chi connectivity index (χ0v) is 9.61. The summed E-state index contributed by atoms with van der Waals surface area (Å²) in [6.07, 6.45) is 2.40. The number of nitro groups is 1. The quantitative estimate of drug-likeness (QED) is 0.631. The molecule has 1 aromatic heterocycles. The number of hydrogen-bond acceptors (Lipinski definition) is 5. The topological polar surface area (TPSA) is 79.5 Å². The molecule has 0 amide bonds. The van der Waals surface area contributed by atoms with E-state index in [1.807, 2.05) is 4.90 Å². The number of aromatic nitrogens is 1. The van der Waals surface area contributed by atoms with Crippen LogP contribution in [0.5, 0.6) is 0 Å². The lowest BCUT2D eigenvalue weighted by molar-refractivity contribution is -0.384. The number of anilines is 1. The molecule has 2 heterocycles. The zero-order chi connectivity index (χ0) is 12.4. The molecule has 1 aliphatic rings. The smallest absolute Gasteiger partial charge is 0.274 e. The maximum atomic E-state index is 10.7. The fraction of sp³-hybridized carbons (Fsp3) is 0.545. The second-order valence-electron chi connectivity index (χ2n) is 4.34. The summed E-state index contributed by atoms with van der Waals surface area (Å²) in [5, 5.41) is 20.0. The zero-order valence-electron chi connectivity index (χ0n) is 9.61. The van der Waals surface area contributed by atoms with Crippen molar-refractivity contribution in [3.63, 3.8) is 0 Å². The van der Waals surface area contributed by atoms with Crippen LogP contribution in [0.1, 0.15) is 13.3 Å². The minimum atomic E-state index is -0.432. The summed E-state index contributed by atoms with van der Waals surface area (Å²) in [6, 6.07) is 2.84. The summed E-state index contributed by atoms with van der Waals surface area (Å²) in [6.45, 7) is 2.89. The van der Waals surface area contributed by atoms with Gasteiger partial charge in [0.1, 0.15) is 5.82 Å². The number of aliphatic hydroxyl groups excluding tert-OH is 1. The summed E-state index contributed by atoms with van der Waals surface area (Å²) < 4.78 is 0. The van der Waals surface area contributed by atoms with Gasteiger partial charge in [-0.15, -0.1) is 0 Å². The molecule has 1 aliphatic heterocycles. The highest BCUT2D eigenvalue weighted by Gasteiger charge is 2.31. The molecule has 0 radical (unpaired) electrons. The van der Waals surface area contributed by atoms with E-state index in [9.17, 15) is 15.2 Å². The fourth-order valence-electron chi connectivity index (χ4n) is 2.25. The number of hydrogen-bond donors (Lipinski definition) is 1. The van der Waals surface area contributed by atoms with Crippen LogP contribution >= 0.6 is 0 Å². The Morgan fingerprint density at radius 2 is 2.47 bits per heavy atom. The molecule has 0 aromatic carbocycles. The molecule has 0 spiro atoms. The van der Waals surface area contributed by atoms with Crippen LogP contribution in [-0.2, 0) is 0 Å². The van der Waals surface area contributed by atoms with Gasteiger partial charge in [-0.3, -0.25) is 10.1 Å². The number of nitrogens with zero attached hydrogens (tertiary/aromatic N) is 3. The third kappa shape index (κ3) is 2.21. The van der Waals surface area contributed by atoms with E-state index in [0.717, 1.165) is 13.0 Å². The monoisotopic (exact) mass is 237 g/mol. The highest BCUT2D eigenvalue weighted by molar-refractivity contribution is 5.48. The molecule has 1 fully saturated rings. The molecule has 2 rings (SSSR count). The maximum absolute atomic E-state index is 10.7. The van der Waals surface area contributed by atoms with E-state index >= 15 is 0 Å². The van der Waals surface area contributed by atoms with E-state index in [-0.39, 0.29) is 18.3 Å². The Morgan fingerprint density at radius 1 is 1.71 bits per heavy atom. The van der Waals surface area contributed by atoms with Crippen molar-refractivity contribution in [2.24, 2.45) is 5.92 Å². The van der Waals surface area contributed by atoms with E-state index in [1.54, 1.807) is 0 Å². The number of pyridine rings is 1. The first-order valence-corrected chi connectivity index (χ1v) is 5.61. The van der Waals surface area contributed by atoms with Crippen molar-refractivity contribution in [1.82, 2.24) is 4.98 Å². The Balaban J connectivity index is 2.28. The Morgan fingerprint density at radius 3 is 3.12 bits per heavy atom. The molecule has 1 aromatic rings. The Kier molecular flexibility index (Phi) is 3.23. The average Bonchev–Trinajstić information content (AvgIpc) is 2.70. The highest BCUT2D eigenvalue weighted by Crippen LogP contribution is 2.29. The van der Waals surface area contributed by atoms with Gasteiger partial charge < -0.3 is 10.0 Å². The summed E-state index contributed by atoms with van der Waals surface area (Å²) >= 11 is 0. The van der Waals surface area contributed by atoms with Crippen molar-refractivity contribution in [3.05, 3.63) is 28.4 Å². The average molecular weight is 237 g/mol. The van der Waals surface area contributed by atoms with Gasteiger partial charge in [0, 0.05) is 18.8 Å². The molecule has 0 bridgehead atoms. The lowest BCUT2D eigenvalue weighted by Crippen LogP contribution is -2.35. The first-order chi connectivity index (χ1) is 8.13. The van der Waals surface area contributed by atoms with Crippen LogP contribution in [0.4, 0.5) is 11.5 Å². The molecule has 17 heavy (non-hydrogen) atoms. The van der Waals surface area contributed by atoms with E-state index in [2.05, 4.69) is 11.9 Å². The van der Waals surface area contributed by atoms with Gasteiger partial charge in [-0.2, -0.15) is 0 Å². The van der Waals surface area contributed by atoms with Crippen molar-refractivity contribution < 1.29 is 10.0 Å². The first-order valence-electron chi connectivity index (χ1n) is 5.61. The van der Waals surface area contributed by atoms with Gasteiger partial charge in [0.15, 0.2) is 0 Å². The van der Waals surface area contributed by atoms with Crippen molar-refractivity contribution in [3.8, 4) is 0 Å². The lowest BCUT2D eigenvalue weighted by atomic mass is 10.0. The summed E-state index contributed by atoms with van der Waals surface area (Å²) in [5.41, 5.74) is 0.0336. The van der Waals surface area contributed by atoms with Crippen LogP contribution in [-0.4, -0.2) is 34.2 Å². The van der Waals surface area contributed by atoms with Gasteiger partial charge in [0.05, 0.1) is 23.6 Å². The molecule has 2 unspecified atom stereocenters. The van der Waals surface area contributed by atoms with E-state index in [0.29, 0.717) is 11.7 Å². The Labute approximate surface area is 99.0 Å². The van der Waals surface area contributed by atoms with Gasteiger partial charge in [-0.1, -0.05) is 6.92 Å². The third-order valence-corrected chi connectivity index (χ3v) is 3.30. The molecule has 1 N–H and O–H groups in total. The van der Waals surface area contributed by atoms with Crippen LogP contribution in [0.25, 0.3) is 0 Å². The first kappa shape index (κ1) is 11.8. The second-order valence-corrected chi connectivity index (χ2v) is 4.34. The van der Waals surface area contributed by atoms with E-state index < -0.39 is 4.92 Å². The standard InChI is InChI=1S/C11H15N3O3/c1-8-3-5-13(10(8)7-15)11-6-9(14(16)17)2-4-12-11/h2,4,6,8,10,15H,3,5,7H2,1H3. The highest BCUT2D eigenvalue weighted by atomic mass is 16.6. The molecule has 92 valence electrons. The molecule has 0 saturated carbocycles. The molecule has 6 heteroatoms. The molecule has 2 atom stereocenters. The second kappa shape index (κ2) is 4.67. The minimum absolute atomic E-state index is 0.00417. The van der Waals surface area contributed by atoms with E-state index in [4.69, 9.17) is 0 Å². The number of aliphatic hydroxyl groups is 1. The molecule has 6 nitrogen and oxygen atoms in total. The van der Waals surface area contributed by atoms with Crippen LogP contribution in [0, 0.1) is 16.0 Å². The largest absolute Gasteiger partial charge is 0.394 e. The van der Waals surface area contributed by atoms with Crippen LogP contribution < -0.4 is 4.90 Å². The fourth-order valence-corrected chi connectivity index (χ4v) is 2.25. The number of rotatable bonds is 3. The van der Waals surface area contributed by atoms with Crippen molar-refractivity contribution >= 4 is 11.5 Å². The Bertz CT molecular complexity index is 424. The van der Waals surface area contributed by atoms with Crippen LogP contribution in [0.2, 0.25) is 0 Å². The van der Waals surface area contributed by atoms with Gasteiger partial charge in [0.2, 0.25) is 0 Å². The lowest BCUT2D eigenvalue weighted by Gasteiger charge is -2.25. The predicted molar refractivity (Wildman–Crippen MR) is 62.9 cm³/mol. The van der Waals surface area contributed by atoms with Gasteiger partial charge in [-0.05, 0) is 12.3 Å². The van der Waals surface area contributed by atoms with E-state index in [1.165, 1.54) is 18.3 Å². The normalized spacial score (nSPS) is 24.0.